The molecule has 0 fully saturated rings. The van der Waals surface area contributed by atoms with Crippen molar-refractivity contribution in [2.45, 2.75) is 31.7 Å². The van der Waals surface area contributed by atoms with Gasteiger partial charge in [-0.1, -0.05) is 68.5 Å². The van der Waals surface area contributed by atoms with E-state index in [0.29, 0.717) is 24.2 Å². The number of fused-ring (bicyclic) bond motifs is 1. The molecule has 1 amide bonds. The molecule has 0 spiro atoms. The van der Waals surface area contributed by atoms with E-state index in [9.17, 15) is 9.59 Å². The summed E-state index contributed by atoms with van der Waals surface area (Å²) >= 11 is 0. The molecule has 0 aromatic heterocycles. The number of amides is 1. The second kappa shape index (κ2) is 6.55. The quantitative estimate of drug-likeness (QED) is 0.648. The highest BCUT2D eigenvalue weighted by Gasteiger charge is 2.35. The fraction of sp³-hybridized carbons (Fsp3) is 0.238. The average Bonchev–Trinajstić information content (AvgIpc) is 2.61. The number of benzene rings is 2. The van der Waals surface area contributed by atoms with Gasteiger partial charge in [0.1, 0.15) is 5.54 Å². The molecular formula is C21H21NO3. The Hall–Kier alpha value is -2.88. The molecular weight excluding hydrogens is 314 g/mol. The largest absolute Gasteiger partial charge is 0.465 e. The highest BCUT2D eigenvalue weighted by Crippen LogP contribution is 2.33. The summed E-state index contributed by atoms with van der Waals surface area (Å²) in [4.78, 5) is 22.8. The monoisotopic (exact) mass is 335 g/mol. The van der Waals surface area contributed by atoms with Crippen LogP contribution in [0.4, 0.5) is 4.79 Å². The van der Waals surface area contributed by atoms with Crippen LogP contribution in [-0.4, -0.2) is 17.5 Å². The van der Waals surface area contributed by atoms with Crippen molar-refractivity contribution in [3.8, 4) is 11.1 Å². The van der Waals surface area contributed by atoms with Gasteiger partial charge in [-0.15, -0.1) is 0 Å². The molecule has 1 aliphatic rings. The molecule has 4 nitrogen and oxygen atoms in total. The molecule has 1 aliphatic carbocycles. The maximum Gasteiger partial charge on any atom is 0.405 e. The van der Waals surface area contributed by atoms with Gasteiger partial charge in [0, 0.05) is 0 Å². The lowest BCUT2D eigenvalue weighted by Gasteiger charge is -2.30. The second-order valence-corrected chi connectivity index (χ2v) is 6.67. The third-order valence-corrected chi connectivity index (χ3v) is 4.68. The number of allylic oxidation sites excluding steroid dienone is 1. The van der Waals surface area contributed by atoms with Gasteiger partial charge in [0.25, 0.3) is 0 Å². The van der Waals surface area contributed by atoms with Crippen LogP contribution in [0.2, 0.25) is 0 Å². The van der Waals surface area contributed by atoms with Crippen LogP contribution in [-0.2, 0) is 16.8 Å². The number of nitrogens with one attached hydrogen (secondary N) is 1. The number of rotatable bonds is 4. The lowest BCUT2D eigenvalue weighted by Crippen LogP contribution is -2.46. The van der Waals surface area contributed by atoms with Crippen molar-refractivity contribution in [2.24, 2.45) is 0 Å². The van der Waals surface area contributed by atoms with Gasteiger partial charge in [-0.3, -0.25) is 4.79 Å². The molecule has 2 N–H and O–H groups in total. The molecule has 2 aromatic rings. The molecule has 3 rings (SSSR count). The summed E-state index contributed by atoms with van der Waals surface area (Å²) in [6.07, 6.45) is 3.54. The van der Waals surface area contributed by atoms with E-state index in [0.717, 1.165) is 16.7 Å². The first-order valence-electron chi connectivity index (χ1n) is 8.34. The van der Waals surface area contributed by atoms with Gasteiger partial charge in [-0.25, -0.2) is 4.79 Å². The van der Waals surface area contributed by atoms with E-state index in [1.807, 2.05) is 24.3 Å². The highest BCUT2D eigenvalue weighted by molar-refractivity contribution is 5.81. The third kappa shape index (κ3) is 3.20. The van der Waals surface area contributed by atoms with Crippen LogP contribution in [0.1, 0.15) is 36.5 Å². The fourth-order valence-electron chi connectivity index (χ4n) is 3.29. The van der Waals surface area contributed by atoms with Crippen molar-refractivity contribution in [1.29, 1.82) is 0 Å². The van der Waals surface area contributed by atoms with E-state index < -0.39 is 11.6 Å². The lowest BCUT2D eigenvalue weighted by atomic mass is 9.81. The molecule has 128 valence electrons. The van der Waals surface area contributed by atoms with Gasteiger partial charge in [0.2, 0.25) is 0 Å². The molecule has 0 aliphatic heterocycles. The van der Waals surface area contributed by atoms with Crippen LogP contribution in [0.5, 0.6) is 0 Å². The summed E-state index contributed by atoms with van der Waals surface area (Å²) in [5.74, 6) is 0.484. The summed E-state index contributed by atoms with van der Waals surface area (Å²) in [6.45, 7) is 4.32. The topological polar surface area (TPSA) is 66.4 Å². The Balaban J connectivity index is 2.00. The minimum absolute atomic E-state index is 0.484. The first-order valence-corrected chi connectivity index (χ1v) is 8.34. The highest BCUT2D eigenvalue weighted by atomic mass is 16.4. The van der Waals surface area contributed by atoms with E-state index in [-0.39, 0.29) is 0 Å². The zero-order valence-corrected chi connectivity index (χ0v) is 14.3. The van der Waals surface area contributed by atoms with E-state index in [1.165, 1.54) is 5.56 Å². The zero-order chi connectivity index (χ0) is 18.0. The Kier molecular flexibility index (Phi) is 4.45. The van der Waals surface area contributed by atoms with E-state index in [1.54, 1.807) is 6.08 Å². The van der Waals surface area contributed by atoms with Crippen LogP contribution >= 0.6 is 0 Å². The smallest absolute Gasteiger partial charge is 0.405 e. The third-order valence-electron chi connectivity index (χ3n) is 4.68. The molecule has 4 heteroatoms. The summed E-state index contributed by atoms with van der Waals surface area (Å²) in [5, 5.41) is 11.4. The van der Waals surface area contributed by atoms with Crippen molar-refractivity contribution in [2.75, 3.05) is 0 Å². The number of carbonyl (C=O) groups excluding carboxylic acids is 1. The van der Waals surface area contributed by atoms with Crippen LogP contribution in [0.15, 0.2) is 54.6 Å². The summed E-state index contributed by atoms with van der Waals surface area (Å²) in [5.41, 5.74) is 3.78. The molecule has 0 heterocycles. The molecule has 0 bridgehead atoms. The van der Waals surface area contributed by atoms with Crippen molar-refractivity contribution in [3.63, 3.8) is 0 Å². The van der Waals surface area contributed by atoms with Crippen molar-refractivity contribution < 1.29 is 14.7 Å². The maximum atomic E-state index is 11.7. The van der Waals surface area contributed by atoms with Crippen molar-refractivity contribution in [3.05, 3.63) is 71.3 Å². The molecule has 0 saturated heterocycles. The normalized spacial score (nSPS) is 18.7. The van der Waals surface area contributed by atoms with Gasteiger partial charge in [-0.2, -0.15) is 0 Å². The predicted octanol–water partition coefficient (Wildman–Crippen LogP) is 4.25. The minimum Gasteiger partial charge on any atom is -0.465 e. The molecule has 2 aromatic carbocycles. The average molecular weight is 335 g/mol. The number of carboxylic acid groups (broad SMARTS) is 1. The number of carbonyl (C=O) groups is 2. The Bertz CT molecular complexity index is 837. The summed E-state index contributed by atoms with van der Waals surface area (Å²) in [6, 6.07) is 14.3. The molecule has 1 atom stereocenters. The van der Waals surface area contributed by atoms with Crippen LogP contribution in [0, 0.1) is 0 Å². The van der Waals surface area contributed by atoms with Gasteiger partial charge >= 0.3 is 6.09 Å². The molecule has 0 saturated carbocycles. The van der Waals surface area contributed by atoms with Crippen LogP contribution in [0.25, 0.3) is 11.1 Å². The van der Waals surface area contributed by atoms with Crippen LogP contribution in [0.3, 0.4) is 0 Å². The standard InChI is InChI=1S/C21H21NO3/c1-14(2)15-5-7-16(8-6-15)17-9-10-19-18(12-17)4-3-11-21(19,13-23)22-20(24)25/h3,5-14,22H,4H2,1-2H3,(H,24,25)/t21-/m1/s1. The Labute approximate surface area is 147 Å². The first kappa shape index (κ1) is 17.0. The van der Waals surface area contributed by atoms with Gasteiger partial charge in [0.15, 0.2) is 6.29 Å². The fourth-order valence-corrected chi connectivity index (χ4v) is 3.29. The van der Waals surface area contributed by atoms with E-state index in [2.05, 4.69) is 43.4 Å². The summed E-state index contributed by atoms with van der Waals surface area (Å²) in [7, 11) is 0. The molecule has 0 unspecified atom stereocenters. The Morgan fingerprint density at radius 3 is 2.44 bits per heavy atom. The molecule has 0 radical (unpaired) electrons. The Morgan fingerprint density at radius 2 is 1.84 bits per heavy atom. The van der Waals surface area contributed by atoms with Gasteiger partial charge in [-0.05, 0) is 40.2 Å². The number of hydrogen-bond donors (Lipinski definition) is 2. The lowest BCUT2D eigenvalue weighted by molar-refractivity contribution is -0.112. The number of aldehydes is 1. The second-order valence-electron chi connectivity index (χ2n) is 6.67. The maximum absolute atomic E-state index is 11.7. The SMILES string of the molecule is CC(C)c1ccc(-c2ccc3c(c2)CC=C[C@]3(C=O)NC(=O)O)cc1. The van der Waals surface area contributed by atoms with Crippen molar-refractivity contribution >= 4 is 12.4 Å². The van der Waals surface area contributed by atoms with E-state index in [4.69, 9.17) is 5.11 Å². The first-order chi connectivity index (χ1) is 11.9. The van der Waals surface area contributed by atoms with Gasteiger partial charge in [0.05, 0.1) is 0 Å². The summed E-state index contributed by atoms with van der Waals surface area (Å²) < 4.78 is 0. The predicted molar refractivity (Wildman–Crippen MR) is 97.7 cm³/mol. The Morgan fingerprint density at radius 1 is 1.16 bits per heavy atom. The minimum atomic E-state index is -1.31. The zero-order valence-electron chi connectivity index (χ0n) is 14.3. The van der Waals surface area contributed by atoms with Crippen molar-refractivity contribution in [1.82, 2.24) is 5.32 Å². The van der Waals surface area contributed by atoms with Gasteiger partial charge < -0.3 is 10.4 Å². The van der Waals surface area contributed by atoms with E-state index >= 15 is 0 Å². The van der Waals surface area contributed by atoms with Crippen LogP contribution < -0.4 is 5.32 Å². The molecule has 25 heavy (non-hydrogen) atoms. The number of hydrogen-bond acceptors (Lipinski definition) is 2.